The third-order valence-corrected chi connectivity index (χ3v) is 5.47. The molecule has 0 radical (unpaired) electrons. The predicted octanol–water partition coefficient (Wildman–Crippen LogP) is 5.36. The summed E-state index contributed by atoms with van der Waals surface area (Å²) in [6, 6.07) is 9.74. The Morgan fingerprint density at radius 1 is 0.968 bits per heavy atom. The smallest absolute Gasteiger partial charge is 0.255 e. The number of hydrogen-bond donors (Lipinski definition) is 2. The molecule has 3 aromatic carbocycles. The van der Waals surface area contributed by atoms with E-state index >= 15 is 0 Å². The number of aromatic amines is 1. The molecule has 0 atom stereocenters. The lowest BCUT2D eigenvalue weighted by molar-refractivity contribution is 0.102. The Kier molecular flexibility index (Phi) is 5.19. The van der Waals surface area contributed by atoms with Crippen LogP contribution in [0.4, 0.5) is 10.1 Å². The predicted molar refractivity (Wildman–Crippen MR) is 119 cm³/mol. The lowest BCUT2D eigenvalue weighted by atomic mass is 10.0. The second kappa shape index (κ2) is 7.83. The lowest BCUT2D eigenvalue weighted by Crippen LogP contribution is -2.14. The van der Waals surface area contributed by atoms with Crippen LogP contribution in [0, 0.1) is 19.7 Å². The van der Waals surface area contributed by atoms with Crippen LogP contribution < -0.4 is 19.5 Å². The normalized spacial score (nSPS) is 11.0. The number of halogens is 1. The van der Waals surface area contributed by atoms with Crippen LogP contribution in [0.15, 0.2) is 36.4 Å². The van der Waals surface area contributed by atoms with Gasteiger partial charge in [0.25, 0.3) is 5.91 Å². The molecule has 1 heterocycles. The fourth-order valence-electron chi connectivity index (χ4n) is 3.92. The number of anilines is 1. The maximum atomic E-state index is 13.9. The molecule has 0 spiro atoms. The zero-order valence-electron chi connectivity index (χ0n) is 18.0. The second-order valence-electron chi connectivity index (χ2n) is 7.30. The van der Waals surface area contributed by atoms with Crippen molar-refractivity contribution in [2.45, 2.75) is 13.8 Å². The highest BCUT2D eigenvalue weighted by molar-refractivity contribution is 6.13. The van der Waals surface area contributed by atoms with Crippen molar-refractivity contribution in [3.05, 3.63) is 58.9 Å². The summed E-state index contributed by atoms with van der Waals surface area (Å²) in [5, 5.41) is 4.63. The minimum absolute atomic E-state index is 0.308. The zero-order valence-corrected chi connectivity index (χ0v) is 18.0. The van der Waals surface area contributed by atoms with Crippen LogP contribution in [-0.4, -0.2) is 32.2 Å². The Morgan fingerprint density at radius 3 is 2.26 bits per heavy atom. The molecule has 0 bridgehead atoms. The SMILES string of the molecule is COc1cc(C(=O)Nc2cc(C)c3[nH]c4ccc(F)cc4c3c2C)cc(OC)c1OC. The molecule has 2 N–H and O–H groups in total. The number of hydrogen-bond acceptors (Lipinski definition) is 4. The highest BCUT2D eigenvalue weighted by atomic mass is 19.1. The van der Waals surface area contributed by atoms with Gasteiger partial charge >= 0.3 is 0 Å². The summed E-state index contributed by atoms with van der Waals surface area (Å²) in [5.74, 6) is 0.560. The number of H-pyrrole nitrogens is 1. The van der Waals surface area contributed by atoms with Gasteiger partial charge < -0.3 is 24.5 Å². The highest BCUT2D eigenvalue weighted by Crippen LogP contribution is 2.39. The fourth-order valence-corrected chi connectivity index (χ4v) is 3.92. The Balaban J connectivity index is 1.80. The van der Waals surface area contributed by atoms with Gasteiger partial charge in [-0.25, -0.2) is 4.39 Å². The summed E-state index contributed by atoms with van der Waals surface area (Å²) in [5.41, 5.74) is 4.56. The summed E-state index contributed by atoms with van der Waals surface area (Å²) < 4.78 is 29.9. The summed E-state index contributed by atoms with van der Waals surface area (Å²) in [6.45, 7) is 3.85. The molecule has 0 aliphatic heterocycles. The topological polar surface area (TPSA) is 72.6 Å². The molecule has 0 saturated heterocycles. The molecule has 4 rings (SSSR count). The molecule has 160 valence electrons. The zero-order chi connectivity index (χ0) is 22.3. The van der Waals surface area contributed by atoms with Crippen LogP contribution in [0.2, 0.25) is 0 Å². The number of rotatable bonds is 5. The van der Waals surface area contributed by atoms with Gasteiger partial charge in [0.2, 0.25) is 5.75 Å². The van der Waals surface area contributed by atoms with Gasteiger partial charge in [0.1, 0.15) is 5.82 Å². The largest absolute Gasteiger partial charge is 0.493 e. The van der Waals surface area contributed by atoms with E-state index < -0.39 is 0 Å². The summed E-state index contributed by atoms with van der Waals surface area (Å²) >= 11 is 0. The molecular weight excluding hydrogens is 399 g/mol. The highest BCUT2D eigenvalue weighted by Gasteiger charge is 2.19. The van der Waals surface area contributed by atoms with E-state index in [0.29, 0.717) is 28.5 Å². The van der Waals surface area contributed by atoms with Crippen molar-refractivity contribution in [2.75, 3.05) is 26.6 Å². The lowest BCUT2D eigenvalue weighted by Gasteiger charge is -2.15. The molecule has 0 aliphatic carbocycles. The van der Waals surface area contributed by atoms with E-state index in [9.17, 15) is 9.18 Å². The van der Waals surface area contributed by atoms with Gasteiger partial charge in [0.05, 0.1) is 21.3 Å². The van der Waals surface area contributed by atoms with Gasteiger partial charge in [-0.15, -0.1) is 0 Å². The molecule has 6 nitrogen and oxygen atoms in total. The Morgan fingerprint density at radius 2 is 1.65 bits per heavy atom. The fraction of sp³-hybridized carbons (Fsp3) is 0.208. The van der Waals surface area contributed by atoms with Gasteiger partial charge in [-0.3, -0.25) is 4.79 Å². The van der Waals surface area contributed by atoms with Gasteiger partial charge in [-0.1, -0.05) is 0 Å². The van der Waals surface area contributed by atoms with Crippen LogP contribution in [0.1, 0.15) is 21.5 Å². The molecule has 0 fully saturated rings. The van der Waals surface area contributed by atoms with E-state index in [1.807, 2.05) is 19.9 Å². The van der Waals surface area contributed by atoms with Gasteiger partial charge in [0, 0.05) is 33.1 Å². The van der Waals surface area contributed by atoms with Crippen LogP contribution in [0.25, 0.3) is 21.8 Å². The molecule has 0 saturated carbocycles. The van der Waals surface area contributed by atoms with Crippen LogP contribution in [0.5, 0.6) is 17.2 Å². The average Bonchev–Trinajstić information content (AvgIpc) is 3.15. The van der Waals surface area contributed by atoms with Crippen molar-refractivity contribution in [1.29, 1.82) is 0 Å². The third-order valence-electron chi connectivity index (χ3n) is 5.47. The molecule has 0 aliphatic rings. The maximum Gasteiger partial charge on any atom is 0.255 e. The monoisotopic (exact) mass is 422 g/mol. The number of fused-ring (bicyclic) bond motifs is 3. The van der Waals surface area contributed by atoms with E-state index in [0.717, 1.165) is 32.9 Å². The van der Waals surface area contributed by atoms with Crippen LogP contribution in [0.3, 0.4) is 0 Å². The Hall–Kier alpha value is -3.74. The molecular formula is C24H23FN2O4. The van der Waals surface area contributed by atoms with E-state index in [2.05, 4.69) is 10.3 Å². The number of aryl methyl sites for hydroxylation is 2. The number of carbonyl (C=O) groups is 1. The molecule has 1 aromatic heterocycles. The maximum absolute atomic E-state index is 13.9. The van der Waals surface area contributed by atoms with Crippen molar-refractivity contribution in [1.82, 2.24) is 4.98 Å². The molecule has 1 amide bonds. The summed E-state index contributed by atoms with van der Waals surface area (Å²) in [6.07, 6.45) is 0. The number of aromatic nitrogens is 1. The van der Waals surface area contributed by atoms with E-state index in [-0.39, 0.29) is 11.7 Å². The van der Waals surface area contributed by atoms with E-state index in [1.165, 1.54) is 33.5 Å². The molecule has 4 aromatic rings. The first-order valence-electron chi connectivity index (χ1n) is 9.70. The standard InChI is InChI=1S/C24H23FN2O4/c1-12-8-18(13(2)21-16-11-15(25)6-7-17(16)26-22(12)21)27-24(28)14-9-19(29-3)23(31-5)20(10-14)30-4/h6-11,26H,1-5H3,(H,27,28). The third kappa shape index (κ3) is 3.42. The van der Waals surface area contributed by atoms with Crippen molar-refractivity contribution in [2.24, 2.45) is 0 Å². The van der Waals surface area contributed by atoms with Gasteiger partial charge in [0.15, 0.2) is 11.5 Å². The van der Waals surface area contributed by atoms with Gasteiger partial charge in [-0.05, 0) is 61.4 Å². The number of carbonyl (C=O) groups excluding carboxylic acids is 1. The minimum atomic E-state index is -0.327. The quantitative estimate of drug-likeness (QED) is 0.454. The summed E-state index contributed by atoms with van der Waals surface area (Å²) in [4.78, 5) is 16.4. The molecule has 0 unspecified atom stereocenters. The van der Waals surface area contributed by atoms with E-state index in [4.69, 9.17) is 14.2 Å². The second-order valence-corrected chi connectivity index (χ2v) is 7.30. The number of ether oxygens (including phenoxy) is 3. The van der Waals surface area contributed by atoms with Crippen LogP contribution in [-0.2, 0) is 0 Å². The first-order chi connectivity index (χ1) is 14.9. The average molecular weight is 422 g/mol. The van der Waals surface area contributed by atoms with Crippen molar-refractivity contribution >= 4 is 33.4 Å². The number of amides is 1. The van der Waals surface area contributed by atoms with Crippen molar-refractivity contribution in [3.63, 3.8) is 0 Å². The molecule has 7 heteroatoms. The summed E-state index contributed by atoms with van der Waals surface area (Å²) in [7, 11) is 4.50. The van der Waals surface area contributed by atoms with E-state index in [1.54, 1.807) is 18.2 Å². The number of methoxy groups -OCH3 is 3. The Labute approximate surface area is 178 Å². The number of benzene rings is 3. The minimum Gasteiger partial charge on any atom is -0.493 e. The first-order valence-corrected chi connectivity index (χ1v) is 9.70. The Bertz CT molecular complexity index is 1300. The van der Waals surface area contributed by atoms with Crippen molar-refractivity contribution in [3.8, 4) is 17.2 Å². The van der Waals surface area contributed by atoms with Crippen LogP contribution >= 0.6 is 0 Å². The number of nitrogens with one attached hydrogen (secondary N) is 2. The van der Waals surface area contributed by atoms with Gasteiger partial charge in [-0.2, -0.15) is 0 Å². The first kappa shape index (κ1) is 20.5. The molecule has 31 heavy (non-hydrogen) atoms. The van der Waals surface area contributed by atoms with Crippen molar-refractivity contribution < 1.29 is 23.4 Å².